The SMILES string of the molecule is COCC(C)N(C)CCC(O)c1ccc(Cl)cc1. The number of aliphatic hydroxyl groups excluding tert-OH is 1. The number of methoxy groups -OCH3 is 1. The predicted octanol–water partition coefficient (Wildman–Crippen LogP) is 2.73. The van der Waals surface area contributed by atoms with Gasteiger partial charge in [0.2, 0.25) is 0 Å². The summed E-state index contributed by atoms with van der Waals surface area (Å²) in [6.45, 7) is 3.64. The summed E-state index contributed by atoms with van der Waals surface area (Å²) in [6, 6.07) is 7.69. The molecule has 0 radical (unpaired) electrons. The molecule has 102 valence electrons. The van der Waals surface area contributed by atoms with Gasteiger partial charge in [-0.1, -0.05) is 23.7 Å². The summed E-state index contributed by atoms with van der Waals surface area (Å²) in [4.78, 5) is 2.18. The van der Waals surface area contributed by atoms with Crippen LogP contribution in [-0.4, -0.2) is 43.4 Å². The molecular formula is C14H22ClNO2. The third-order valence-electron chi connectivity index (χ3n) is 3.17. The van der Waals surface area contributed by atoms with Gasteiger partial charge in [-0.25, -0.2) is 0 Å². The van der Waals surface area contributed by atoms with Crippen LogP contribution >= 0.6 is 11.6 Å². The Bertz CT molecular complexity index is 342. The minimum absolute atomic E-state index is 0.354. The molecule has 18 heavy (non-hydrogen) atoms. The lowest BCUT2D eigenvalue weighted by Crippen LogP contribution is -2.34. The average molecular weight is 272 g/mol. The van der Waals surface area contributed by atoms with Gasteiger partial charge in [-0.3, -0.25) is 0 Å². The van der Waals surface area contributed by atoms with Gasteiger partial charge in [0, 0.05) is 24.7 Å². The Balaban J connectivity index is 2.41. The number of benzene rings is 1. The van der Waals surface area contributed by atoms with Gasteiger partial charge in [0.25, 0.3) is 0 Å². The number of ether oxygens (including phenoxy) is 1. The number of halogens is 1. The van der Waals surface area contributed by atoms with Gasteiger partial charge in [0.15, 0.2) is 0 Å². The Morgan fingerprint density at radius 3 is 2.50 bits per heavy atom. The highest BCUT2D eigenvalue weighted by molar-refractivity contribution is 6.30. The van der Waals surface area contributed by atoms with E-state index in [0.29, 0.717) is 24.1 Å². The monoisotopic (exact) mass is 271 g/mol. The Morgan fingerprint density at radius 1 is 1.33 bits per heavy atom. The van der Waals surface area contributed by atoms with Gasteiger partial charge in [-0.15, -0.1) is 0 Å². The predicted molar refractivity (Wildman–Crippen MR) is 75.0 cm³/mol. The van der Waals surface area contributed by atoms with Gasteiger partial charge < -0.3 is 14.7 Å². The maximum Gasteiger partial charge on any atom is 0.0802 e. The van der Waals surface area contributed by atoms with E-state index in [1.165, 1.54) is 0 Å². The van der Waals surface area contributed by atoms with Gasteiger partial charge in [0.05, 0.1) is 12.7 Å². The van der Waals surface area contributed by atoms with Gasteiger partial charge in [-0.2, -0.15) is 0 Å². The fourth-order valence-electron chi connectivity index (χ4n) is 1.77. The summed E-state index contributed by atoms with van der Waals surface area (Å²) in [5, 5.41) is 10.8. The topological polar surface area (TPSA) is 32.7 Å². The standard InChI is InChI=1S/C14H22ClNO2/c1-11(10-18-3)16(2)9-8-14(17)12-4-6-13(15)7-5-12/h4-7,11,14,17H,8-10H2,1-3H3. The number of rotatable bonds is 7. The van der Waals surface area contributed by atoms with Gasteiger partial charge in [0.1, 0.15) is 0 Å². The van der Waals surface area contributed by atoms with E-state index in [-0.39, 0.29) is 0 Å². The maximum absolute atomic E-state index is 10.1. The summed E-state index contributed by atoms with van der Waals surface area (Å²) in [5.74, 6) is 0. The molecule has 1 rings (SSSR count). The minimum Gasteiger partial charge on any atom is -0.388 e. The second kappa shape index (κ2) is 7.74. The maximum atomic E-state index is 10.1. The van der Waals surface area contributed by atoms with Crippen molar-refractivity contribution < 1.29 is 9.84 Å². The van der Waals surface area contributed by atoms with Crippen LogP contribution in [0.3, 0.4) is 0 Å². The van der Waals surface area contributed by atoms with Crippen LogP contribution in [0.2, 0.25) is 5.02 Å². The zero-order valence-corrected chi connectivity index (χ0v) is 12.0. The molecule has 4 heteroatoms. The third-order valence-corrected chi connectivity index (χ3v) is 3.42. The molecule has 1 aromatic carbocycles. The molecule has 3 nitrogen and oxygen atoms in total. The second-order valence-electron chi connectivity index (χ2n) is 4.64. The fraction of sp³-hybridized carbons (Fsp3) is 0.571. The molecule has 2 unspecified atom stereocenters. The molecule has 0 amide bonds. The normalized spacial score (nSPS) is 14.8. The molecular weight excluding hydrogens is 250 g/mol. The van der Waals surface area contributed by atoms with E-state index in [4.69, 9.17) is 16.3 Å². The Hall–Kier alpha value is -0.610. The highest BCUT2D eigenvalue weighted by Gasteiger charge is 2.12. The van der Waals surface area contributed by atoms with Crippen LogP contribution in [-0.2, 0) is 4.74 Å². The first-order chi connectivity index (χ1) is 8.54. The molecule has 0 saturated heterocycles. The number of hydrogen-bond acceptors (Lipinski definition) is 3. The van der Waals surface area contributed by atoms with Crippen LogP contribution < -0.4 is 0 Å². The van der Waals surface area contributed by atoms with Gasteiger partial charge >= 0.3 is 0 Å². The van der Waals surface area contributed by atoms with E-state index in [9.17, 15) is 5.11 Å². The van der Waals surface area contributed by atoms with Crippen molar-refractivity contribution >= 4 is 11.6 Å². The number of nitrogens with zero attached hydrogens (tertiary/aromatic N) is 1. The van der Waals surface area contributed by atoms with E-state index < -0.39 is 6.10 Å². The summed E-state index contributed by atoms with van der Waals surface area (Å²) in [6.07, 6.45) is 0.256. The van der Waals surface area contributed by atoms with Crippen molar-refractivity contribution in [1.29, 1.82) is 0 Å². The van der Waals surface area contributed by atoms with Gasteiger partial charge in [-0.05, 0) is 38.1 Å². The van der Waals surface area contributed by atoms with Crippen LogP contribution in [0.1, 0.15) is 25.0 Å². The van der Waals surface area contributed by atoms with E-state index in [0.717, 1.165) is 12.1 Å². The molecule has 0 aliphatic rings. The summed E-state index contributed by atoms with van der Waals surface area (Å²) < 4.78 is 5.11. The highest BCUT2D eigenvalue weighted by atomic mass is 35.5. The van der Waals surface area contributed by atoms with Crippen molar-refractivity contribution in [3.8, 4) is 0 Å². The first-order valence-corrected chi connectivity index (χ1v) is 6.55. The second-order valence-corrected chi connectivity index (χ2v) is 5.08. The zero-order chi connectivity index (χ0) is 13.5. The molecule has 0 bridgehead atoms. The Kier molecular flexibility index (Phi) is 6.65. The first kappa shape index (κ1) is 15.4. The van der Waals surface area contributed by atoms with Crippen molar-refractivity contribution in [2.45, 2.75) is 25.5 Å². The first-order valence-electron chi connectivity index (χ1n) is 6.17. The van der Waals surface area contributed by atoms with Crippen molar-refractivity contribution in [3.63, 3.8) is 0 Å². The zero-order valence-electron chi connectivity index (χ0n) is 11.3. The lowest BCUT2D eigenvalue weighted by atomic mass is 10.1. The van der Waals surface area contributed by atoms with Crippen molar-refractivity contribution in [2.24, 2.45) is 0 Å². The van der Waals surface area contributed by atoms with Crippen LogP contribution in [0, 0.1) is 0 Å². The molecule has 2 atom stereocenters. The molecule has 0 spiro atoms. The molecule has 0 heterocycles. The molecule has 0 aromatic heterocycles. The largest absolute Gasteiger partial charge is 0.388 e. The van der Waals surface area contributed by atoms with E-state index in [1.54, 1.807) is 19.2 Å². The molecule has 0 aliphatic carbocycles. The highest BCUT2D eigenvalue weighted by Crippen LogP contribution is 2.19. The van der Waals surface area contributed by atoms with Crippen molar-refractivity contribution in [3.05, 3.63) is 34.9 Å². The van der Waals surface area contributed by atoms with Crippen LogP contribution in [0.15, 0.2) is 24.3 Å². The third kappa shape index (κ3) is 4.94. The van der Waals surface area contributed by atoms with Crippen molar-refractivity contribution in [2.75, 3.05) is 27.3 Å². The number of hydrogen-bond donors (Lipinski definition) is 1. The van der Waals surface area contributed by atoms with Crippen LogP contribution in [0.25, 0.3) is 0 Å². The summed E-state index contributed by atoms with van der Waals surface area (Å²) >= 11 is 5.82. The van der Waals surface area contributed by atoms with E-state index in [1.807, 2.05) is 19.2 Å². The lowest BCUT2D eigenvalue weighted by molar-refractivity contribution is 0.0960. The van der Waals surface area contributed by atoms with E-state index >= 15 is 0 Å². The number of likely N-dealkylation sites (N-methyl/N-ethyl adjacent to an activating group) is 1. The molecule has 0 aliphatic heterocycles. The van der Waals surface area contributed by atoms with E-state index in [2.05, 4.69) is 11.8 Å². The van der Waals surface area contributed by atoms with Crippen LogP contribution in [0.5, 0.6) is 0 Å². The Morgan fingerprint density at radius 2 is 1.94 bits per heavy atom. The molecule has 1 N–H and O–H groups in total. The quantitative estimate of drug-likeness (QED) is 0.828. The molecule has 0 saturated carbocycles. The summed E-state index contributed by atoms with van der Waals surface area (Å²) in [5.41, 5.74) is 0.909. The van der Waals surface area contributed by atoms with Crippen molar-refractivity contribution in [1.82, 2.24) is 4.90 Å². The molecule has 0 fully saturated rings. The van der Waals surface area contributed by atoms with Crippen LogP contribution in [0.4, 0.5) is 0 Å². The smallest absolute Gasteiger partial charge is 0.0802 e. The Labute approximate surface area is 114 Å². The minimum atomic E-state index is -0.445. The average Bonchev–Trinajstić information content (AvgIpc) is 2.36. The number of aliphatic hydroxyl groups is 1. The molecule has 1 aromatic rings. The fourth-order valence-corrected chi connectivity index (χ4v) is 1.89. The summed E-state index contributed by atoms with van der Waals surface area (Å²) in [7, 11) is 3.74. The lowest BCUT2D eigenvalue weighted by Gasteiger charge is -2.25.